The van der Waals surface area contributed by atoms with Crippen LogP contribution in [0.15, 0.2) is 0 Å². The molecule has 70 valence electrons. The van der Waals surface area contributed by atoms with Crippen molar-refractivity contribution >= 4 is 6.16 Å². The monoisotopic (exact) mass is 172 g/mol. The fourth-order valence-corrected chi connectivity index (χ4v) is 1.46. The largest absolute Gasteiger partial charge is 0.508 e. The van der Waals surface area contributed by atoms with E-state index in [1.54, 1.807) is 0 Å². The topological polar surface area (TPSA) is 35.5 Å². The van der Waals surface area contributed by atoms with Gasteiger partial charge >= 0.3 is 6.16 Å². The van der Waals surface area contributed by atoms with Crippen molar-refractivity contribution in [3.8, 4) is 0 Å². The molecule has 2 unspecified atom stereocenters. The van der Waals surface area contributed by atoms with Gasteiger partial charge in [0, 0.05) is 5.41 Å². The molecule has 0 N–H and O–H groups in total. The van der Waals surface area contributed by atoms with Crippen molar-refractivity contribution in [2.75, 3.05) is 0 Å². The van der Waals surface area contributed by atoms with Crippen molar-refractivity contribution in [1.29, 1.82) is 0 Å². The lowest BCUT2D eigenvalue weighted by Crippen LogP contribution is -2.48. The van der Waals surface area contributed by atoms with Gasteiger partial charge in [0.25, 0.3) is 0 Å². The fraction of sp³-hybridized carbons (Fsp3) is 0.889. The van der Waals surface area contributed by atoms with Crippen LogP contribution < -0.4 is 0 Å². The van der Waals surface area contributed by atoms with E-state index in [0.29, 0.717) is 0 Å². The summed E-state index contributed by atoms with van der Waals surface area (Å²) in [6.45, 7) is 8.03. The summed E-state index contributed by atoms with van der Waals surface area (Å²) >= 11 is 0. The summed E-state index contributed by atoms with van der Waals surface area (Å²) in [5.41, 5.74) is -0.0807. The Balaban J connectivity index is 2.77. The minimum absolute atomic E-state index is 0.0197. The van der Waals surface area contributed by atoms with Crippen LogP contribution in [0, 0.1) is 5.41 Å². The third kappa shape index (κ3) is 1.40. The summed E-state index contributed by atoms with van der Waals surface area (Å²) in [5, 5.41) is 0. The van der Waals surface area contributed by atoms with Crippen molar-refractivity contribution in [2.45, 2.75) is 46.3 Å². The molecule has 0 saturated carbocycles. The molecule has 12 heavy (non-hydrogen) atoms. The van der Waals surface area contributed by atoms with Gasteiger partial charge in [0.2, 0.25) is 0 Å². The number of carbonyl (C=O) groups excluding carboxylic acids is 1. The van der Waals surface area contributed by atoms with Gasteiger partial charge in [-0.05, 0) is 13.3 Å². The molecular weight excluding hydrogens is 156 g/mol. The molecule has 0 spiro atoms. The number of hydrogen-bond acceptors (Lipinski definition) is 3. The van der Waals surface area contributed by atoms with Crippen LogP contribution in [0.4, 0.5) is 4.79 Å². The molecule has 3 nitrogen and oxygen atoms in total. The van der Waals surface area contributed by atoms with E-state index in [1.165, 1.54) is 0 Å². The summed E-state index contributed by atoms with van der Waals surface area (Å²) in [5.74, 6) is 0. The van der Waals surface area contributed by atoms with Gasteiger partial charge in [-0.1, -0.05) is 20.8 Å². The number of carbonyl (C=O) groups is 1. The van der Waals surface area contributed by atoms with Crippen LogP contribution in [0.3, 0.4) is 0 Å². The first-order chi connectivity index (χ1) is 5.48. The van der Waals surface area contributed by atoms with E-state index in [1.807, 2.05) is 13.8 Å². The van der Waals surface area contributed by atoms with Gasteiger partial charge in [-0.25, -0.2) is 4.79 Å². The molecule has 2 atom stereocenters. The van der Waals surface area contributed by atoms with Gasteiger partial charge in [0.05, 0.1) is 0 Å². The Labute approximate surface area is 73.0 Å². The Morgan fingerprint density at radius 2 is 2.00 bits per heavy atom. The first kappa shape index (κ1) is 9.36. The lowest BCUT2D eigenvalue weighted by molar-refractivity contribution is -0.133. The van der Waals surface area contributed by atoms with Crippen LogP contribution >= 0.6 is 0 Å². The van der Waals surface area contributed by atoms with Crippen LogP contribution in [0.2, 0.25) is 0 Å². The van der Waals surface area contributed by atoms with Crippen LogP contribution in [-0.2, 0) is 9.47 Å². The van der Waals surface area contributed by atoms with Crippen molar-refractivity contribution in [2.24, 2.45) is 5.41 Å². The molecule has 1 fully saturated rings. The highest BCUT2D eigenvalue weighted by molar-refractivity contribution is 5.61. The molecule has 0 aromatic rings. The zero-order chi connectivity index (χ0) is 9.35. The molecule has 0 aromatic carbocycles. The van der Waals surface area contributed by atoms with E-state index in [-0.39, 0.29) is 17.6 Å². The molecular formula is C9H16O3. The lowest BCUT2D eigenvalue weighted by atomic mass is 9.79. The second kappa shape index (κ2) is 2.96. The molecule has 3 heteroatoms. The third-order valence-corrected chi connectivity index (χ3v) is 2.76. The predicted molar refractivity (Wildman–Crippen MR) is 44.9 cm³/mol. The van der Waals surface area contributed by atoms with E-state index >= 15 is 0 Å². The van der Waals surface area contributed by atoms with Gasteiger partial charge < -0.3 is 9.47 Å². The van der Waals surface area contributed by atoms with Gasteiger partial charge in [0.1, 0.15) is 12.2 Å². The smallest absolute Gasteiger partial charge is 0.431 e. The molecule has 1 saturated heterocycles. The Morgan fingerprint density at radius 3 is 2.50 bits per heavy atom. The van der Waals surface area contributed by atoms with Gasteiger partial charge in [-0.15, -0.1) is 0 Å². The van der Waals surface area contributed by atoms with E-state index in [9.17, 15) is 4.79 Å². The van der Waals surface area contributed by atoms with E-state index in [4.69, 9.17) is 9.47 Å². The van der Waals surface area contributed by atoms with E-state index in [0.717, 1.165) is 6.42 Å². The number of cyclic esters (lactones) is 2. The molecule has 0 amide bonds. The number of rotatable bonds is 1. The zero-order valence-corrected chi connectivity index (χ0v) is 8.09. The van der Waals surface area contributed by atoms with Crippen LogP contribution in [-0.4, -0.2) is 18.4 Å². The van der Waals surface area contributed by atoms with E-state index < -0.39 is 6.16 Å². The Hall–Kier alpha value is -0.730. The Kier molecular flexibility index (Phi) is 2.31. The van der Waals surface area contributed by atoms with Gasteiger partial charge in [-0.2, -0.15) is 0 Å². The highest BCUT2D eigenvalue weighted by atomic mass is 16.7. The van der Waals surface area contributed by atoms with Crippen molar-refractivity contribution in [1.82, 2.24) is 0 Å². The molecule has 0 bridgehead atoms. The normalized spacial score (nSPS) is 33.8. The first-order valence-electron chi connectivity index (χ1n) is 4.35. The molecule has 1 aliphatic rings. The van der Waals surface area contributed by atoms with Crippen LogP contribution in [0.25, 0.3) is 0 Å². The second-order valence-electron chi connectivity index (χ2n) is 3.85. The highest BCUT2D eigenvalue weighted by Gasteiger charge is 2.43. The maximum absolute atomic E-state index is 10.9. The molecule has 0 aliphatic carbocycles. The standard InChI is InChI=1S/C9H16O3/c1-5-7-9(3,4)6(2)11-8(10)12-7/h6-7H,5H2,1-4H3. The van der Waals surface area contributed by atoms with Crippen LogP contribution in [0.1, 0.15) is 34.1 Å². The Morgan fingerprint density at radius 1 is 1.42 bits per heavy atom. The zero-order valence-electron chi connectivity index (χ0n) is 8.09. The van der Waals surface area contributed by atoms with Gasteiger partial charge in [0.15, 0.2) is 0 Å². The number of hydrogen-bond donors (Lipinski definition) is 0. The third-order valence-electron chi connectivity index (χ3n) is 2.76. The van der Waals surface area contributed by atoms with Crippen LogP contribution in [0.5, 0.6) is 0 Å². The molecule has 0 radical (unpaired) electrons. The lowest BCUT2D eigenvalue weighted by Gasteiger charge is -2.41. The maximum atomic E-state index is 10.9. The number of ether oxygens (including phenoxy) is 2. The molecule has 0 aromatic heterocycles. The van der Waals surface area contributed by atoms with Crippen molar-refractivity contribution in [3.05, 3.63) is 0 Å². The second-order valence-corrected chi connectivity index (χ2v) is 3.85. The minimum Gasteiger partial charge on any atom is -0.431 e. The van der Waals surface area contributed by atoms with E-state index in [2.05, 4.69) is 13.8 Å². The van der Waals surface area contributed by atoms with Crippen molar-refractivity contribution in [3.63, 3.8) is 0 Å². The van der Waals surface area contributed by atoms with Gasteiger partial charge in [-0.3, -0.25) is 0 Å². The molecule has 1 rings (SSSR count). The fourth-order valence-electron chi connectivity index (χ4n) is 1.46. The highest BCUT2D eigenvalue weighted by Crippen LogP contribution is 2.35. The average molecular weight is 172 g/mol. The maximum Gasteiger partial charge on any atom is 0.508 e. The summed E-state index contributed by atoms with van der Waals surface area (Å²) in [6.07, 6.45) is 0.220. The first-order valence-corrected chi connectivity index (χ1v) is 4.35. The average Bonchev–Trinajstić information content (AvgIpc) is 1.97. The summed E-state index contributed by atoms with van der Waals surface area (Å²) in [6, 6.07) is 0. The predicted octanol–water partition coefficient (Wildman–Crippen LogP) is 2.35. The Bertz CT molecular complexity index is 186. The minimum atomic E-state index is -0.534. The summed E-state index contributed by atoms with van der Waals surface area (Å²) in [4.78, 5) is 10.9. The summed E-state index contributed by atoms with van der Waals surface area (Å²) in [7, 11) is 0. The molecule has 1 heterocycles. The summed E-state index contributed by atoms with van der Waals surface area (Å²) < 4.78 is 10.0. The molecule has 1 aliphatic heterocycles. The van der Waals surface area contributed by atoms with Crippen molar-refractivity contribution < 1.29 is 14.3 Å². The SMILES string of the molecule is CCC1OC(=O)OC(C)C1(C)C. The quantitative estimate of drug-likeness (QED) is 0.569.